The average Bonchev–Trinajstić information content (AvgIpc) is 2.55. The highest BCUT2D eigenvalue weighted by Gasteiger charge is 2.26. The minimum absolute atomic E-state index is 0.291. The summed E-state index contributed by atoms with van der Waals surface area (Å²) < 4.78 is 17.0. The summed E-state index contributed by atoms with van der Waals surface area (Å²) in [6, 6.07) is 11.9. The molecule has 0 saturated carbocycles. The summed E-state index contributed by atoms with van der Waals surface area (Å²) in [5.74, 6) is -0.291. The van der Waals surface area contributed by atoms with E-state index in [1.807, 2.05) is 18.4 Å². The maximum absolute atomic E-state index is 13.6. The molecule has 0 atom stereocenters. The standard InChI is InChI=1S/C18H21FN4S/c1-12-7-18(13(9-20)8-17(12)19)21-14-3-5-16(6-4-14)23-10-15(11-23)22-24-2/h3-9,15,20-22H,10-11H2,1-2H3. The Morgan fingerprint density at radius 3 is 2.58 bits per heavy atom. The van der Waals surface area contributed by atoms with Crippen molar-refractivity contribution in [1.29, 1.82) is 5.41 Å². The molecule has 1 heterocycles. The van der Waals surface area contributed by atoms with Gasteiger partial charge < -0.3 is 15.6 Å². The van der Waals surface area contributed by atoms with Crippen LogP contribution < -0.4 is 14.9 Å². The Hall–Kier alpha value is -2.05. The molecule has 2 aromatic rings. The minimum atomic E-state index is -0.291. The van der Waals surface area contributed by atoms with Crippen molar-refractivity contribution in [2.24, 2.45) is 0 Å². The lowest BCUT2D eigenvalue weighted by Gasteiger charge is -2.41. The molecule has 0 radical (unpaired) electrons. The molecule has 1 fully saturated rings. The van der Waals surface area contributed by atoms with Crippen LogP contribution >= 0.6 is 11.9 Å². The molecule has 1 saturated heterocycles. The Balaban J connectivity index is 1.69. The number of hydrogen-bond donors (Lipinski definition) is 3. The van der Waals surface area contributed by atoms with E-state index in [9.17, 15) is 4.39 Å². The third-order valence-corrected chi connectivity index (χ3v) is 4.73. The van der Waals surface area contributed by atoms with Crippen LogP contribution in [0.2, 0.25) is 0 Å². The summed E-state index contributed by atoms with van der Waals surface area (Å²) >= 11 is 1.66. The van der Waals surface area contributed by atoms with Crippen LogP contribution in [0.5, 0.6) is 0 Å². The number of halogens is 1. The van der Waals surface area contributed by atoms with Crippen LogP contribution in [0.4, 0.5) is 21.5 Å². The molecule has 4 nitrogen and oxygen atoms in total. The molecule has 0 aromatic heterocycles. The van der Waals surface area contributed by atoms with E-state index >= 15 is 0 Å². The number of nitrogens with zero attached hydrogens (tertiary/aromatic N) is 1. The second-order valence-corrected chi connectivity index (χ2v) is 6.57. The van der Waals surface area contributed by atoms with E-state index in [4.69, 9.17) is 5.41 Å². The summed E-state index contributed by atoms with van der Waals surface area (Å²) in [7, 11) is 0. The molecular weight excluding hydrogens is 323 g/mol. The van der Waals surface area contributed by atoms with Gasteiger partial charge in [0.25, 0.3) is 0 Å². The highest BCUT2D eigenvalue weighted by Crippen LogP contribution is 2.27. The SMILES string of the molecule is CSNC1CN(c2ccc(Nc3cc(C)c(F)cc3C=N)cc2)C1. The van der Waals surface area contributed by atoms with E-state index in [1.165, 1.54) is 11.8 Å². The van der Waals surface area contributed by atoms with Crippen molar-refractivity contribution in [3.63, 3.8) is 0 Å². The molecule has 0 unspecified atom stereocenters. The topological polar surface area (TPSA) is 51.1 Å². The quantitative estimate of drug-likeness (QED) is 0.549. The molecule has 1 aliphatic heterocycles. The van der Waals surface area contributed by atoms with Crippen molar-refractivity contribution in [2.75, 3.05) is 29.6 Å². The molecule has 6 heteroatoms. The molecule has 0 aliphatic carbocycles. The van der Waals surface area contributed by atoms with E-state index in [1.54, 1.807) is 24.9 Å². The van der Waals surface area contributed by atoms with Gasteiger partial charge in [0, 0.05) is 41.9 Å². The van der Waals surface area contributed by atoms with Crippen LogP contribution in [-0.4, -0.2) is 31.6 Å². The summed E-state index contributed by atoms with van der Waals surface area (Å²) in [4.78, 5) is 2.32. The van der Waals surface area contributed by atoms with Gasteiger partial charge >= 0.3 is 0 Å². The molecule has 2 aromatic carbocycles. The fourth-order valence-electron chi connectivity index (χ4n) is 2.77. The predicted molar refractivity (Wildman–Crippen MR) is 101 cm³/mol. The van der Waals surface area contributed by atoms with Gasteiger partial charge in [-0.2, -0.15) is 0 Å². The van der Waals surface area contributed by atoms with Gasteiger partial charge in [-0.15, -0.1) is 0 Å². The maximum atomic E-state index is 13.6. The molecule has 1 aliphatic rings. The highest BCUT2D eigenvalue weighted by molar-refractivity contribution is 7.96. The first-order valence-electron chi connectivity index (χ1n) is 7.82. The molecule has 0 amide bonds. The van der Waals surface area contributed by atoms with Gasteiger partial charge in [-0.25, -0.2) is 4.39 Å². The van der Waals surface area contributed by atoms with Gasteiger partial charge in [0.1, 0.15) is 5.82 Å². The smallest absolute Gasteiger partial charge is 0.126 e. The molecule has 3 N–H and O–H groups in total. The summed E-state index contributed by atoms with van der Waals surface area (Å²) in [5.41, 5.74) is 3.96. The first-order valence-corrected chi connectivity index (χ1v) is 9.04. The number of aryl methyl sites for hydroxylation is 1. The van der Waals surface area contributed by atoms with Crippen LogP contribution in [0.15, 0.2) is 36.4 Å². The number of hydrogen-bond acceptors (Lipinski definition) is 5. The number of anilines is 3. The molecule has 126 valence electrons. The zero-order valence-electron chi connectivity index (χ0n) is 13.8. The molecular formula is C18H21FN4S. The number of rotatable bonds is 6. The number of benzene rings is 2. The monoisotopic (exact) mass is 344 g/mol. The van der Waals surface area contributed by atoms with Gasteiger partial charge in [0.05, 0.1) is 6.04 Å². The Morgan fingerprint density at radius 2 is 1.96 bits per heavy atom. The second kappa shape index (κ2) is 7.23. The van der Waals surface area contributed by atoms with Crippen LogP contribution in [0, 0.1) is 18.2 Å². The fourth-order valence-corrected chi connectivity index (χ4v) is 3.25. The minimum Gasteiger partial charge on any atom is -0.368 e. The van der Waals surface area contributed by atoms with Crippen molar-refractivity contribution < 1.29 is 4.39 Å². The largest absolute Gasteiger partial charge is 0.368 e. The zero-order valence-corrected chi connectivity index (χ0v) is 14.6. The Labute approximate surface area is 146 Å². The summed E-state index contributed by atoms with van der Waals surface area (Å²) in [5, 5.41) is 10.7. The van der Waals surface area contributed by atoms with Crippen LogP contribution in [0.3, 0.4) is 0 Å². The lowest BCUT2D eigenvalue weighted by atomic mass is 10.1. The van der Waals surface area contributed by atoms with Crippen LogP contribution in [-0.2, 0) is 0 Å². The van der Waals surface area contributed by atoms with Crippen molar-refractivity contribution in [3.05, 3.63) is 53.3 Å². The van der Waals surface area contributed by atoms with Crippen molar-refractivity contribution in [1.82, 2.24) is 4.72 Å². The fraction of sp³-hybridized carbons (Fsp3) is 0.278. The lowest BCUT2D eigenvalue weighted by Crippen LogP contribution is -2.56. The van der Waals surface area contributed by atoms with Gasteiger partial charge in [0.2, 0.25) is 0 Å². The van der Waals surface area contributed by atoms with E-state index in [-0.39, 0.29) is 5.82 Å². The first kappa shape index (κ1) is 16.8. The maximum Gasteiger partial charge on any atom is 0.126 e. The molecule has 24 heavy (non-hydrogen) atoms. The van der Waals surface area contributed by atoms with Crippen molar-refractivity contribution >= 4 is 35.2 Å². The summed E-state index contributed by atoms with van der Waals surface area (Å²) in [6.45, 7) is 3.76. The van der Waals surface area contributed by atoms with E-state index in [0.29, 0.717) is 17.2 Å². The van der Waals surface area contributed by atoms with Crippen LogP contribution in [0.1, 0.15) is 11.1 Å². The third-order valence-electron chi connectivity index (χ3n) is 4.16. The second-order valence-electron chi connectivity index (χ2n) is 5.93. The number of nitrogens with one attached hydrogen (secondary N) is 3. The molecule has 3 rings (SSSR count). The Kier molecular flexibility index (Phi) is 5.06. The summed E-state index contributed by atoms with van der Waals surface area (Å²) in [6.07, 6.45) is 3.21. The van der Waals surface area contributed by atoms with E-state index in [0.717, 1.165) is 30.7 Å². The van der Waals surface area contributed by atoms with Crippen molar-refractivity contribution in [3.8, 4) is 0 Å². The highest BCUT2D eigenvalue weighted by atomic mass is 32.2. The lowest BCUT2D eigenvalue weighted by molar-refractivity contribution is 0.493. The van der Waals surface area contributed by atoms with Crippen LogP contribution in [0.25, 0.3) is 0 Å². The van der Waals surface area contributed by atoms with E-state index < -0.39 is 0 Å². The third kappa shape index (κ3) is 3.55. The average molecular weight is 344 g/mol. The van der Waals surface area contributed by atoms with Gasteiger partial charge in [0.15, 0.2) is 0 Å². The normalized spacial score (nSPS) is 14.4. The zero-order chi connectivity index (χ0) is 17.1. The molecule has 0 bridgehead atoms. The predicted octanol–water partition coefficient (Wildman–Crippen LogP) is 3.93. The molecule has 0 spiro atoms. The van der Waals surface area contributed by atoms with Gasteiger partial charge in [-0.3, -0.25) is 4.72 Å². The van der Waals surface area contributed by atoms with E-state index in [2.05, 4.69) is 27.1 Å². The first-order chi connectivity index (χ1) is 11.6. The van der Waals surface area contributed by atoms with Gasteiger partial charge in [-0.1, -0.05) is 11.9 Å². The van der Waals surface area contributed by atoms with Gasteiger partial charge in [-0.05, 0) is 55.1 Å². The Bertz CT molecular complexity index is 727. The van der Waals surface area contributed by atoms with Crippen molar-refractivity contribution in [2.45, 2.75) is 13.0 Å². The Morgan fingerprint density at radius 1 is 1.25 bits per heavy atom.